The zero-order chi connectivity index (χ0) is 13.4. The van der Waals surface area contributed by atoms with Gasteiger partial charge in [-0.2, -0.15) is 10.2 Å². The van der Waals surface area contributed by atoms with E-state index in [4.69, 9.17) is 0 Å². The monoisotopic (exact) mass is 257 g/mol. The van der Waals surface area contributed by atoms with Crippen molar-refractivity contribution >= 4 is 16.9 Å². The van der Waals surface area contributed by atoms with Crippen LogP contribution >= 0.6 is 0 Å². The quantitative estimate of drug-likeness (QED) is 0.758. The second kappa shape index (κ2) is 4.34. The SMILES string of the molecule is Cc1nn(C)cc1CN(C)c1ncnc2[nH]ncc12. The molecule has 19 heavy (non-hydrogen) atoms. The molecule has 0 bridgehead atoms. The first-order valence-electron chi connectivity index (χ1n) is 5.99. The molecule has 0 unspecified atom stereocenters. The van der Waals surface area contributed by atoms with Gasteiger partial charge >= 0.3 is 0 Å². The minimum Gasteiger partial charge on any atom is -0.355 e. The molecule has 3 rings (SSSR count). The van der Waals surface area contributed by atoms with Gasteiger partial charge in [0.25, 0.3) is 0 Å². The summed E-state index contributed by atoms with van der Waals surface area (Å²) in [5.41, 5.74) is 2.96. The van der Waals surface area contributed by atoms with Crippen molar-refractivity contribution in [3.8, 4) is 0 Å². The van der Waals surface area contributed by atoms with Gasteiger partial charge in [-0.1, -0.05) is 0 Å². The lowest BCUT2D eigenvalue weighted by Crippen LogP contribution is -2.18. The van der Waals surface area contributed by atoms with E-state index in [2.05, 4.69) is 30.2 Å². The standard InChI is InChI=1S/C12H15N7/c1-8-9(6-19(3)17-8)5-18(2)12-10-4-15-16-11(10)13-7-14-12/h4,6-7H,5H2,1-3H3,(H,13,14,15,16). The normalized spacial score (nSPS) is 11.1. The van der Waals surface area contributed by atoms with Crippen molar-refractivity contribution in [1.29, 1.82) is 0 Å². The summed E-state index contributed by atoms with van der Waals surface area (Å²) in [5.74, 6) is 0.863. The molecule has 0 aromatic carbocycles. The molecule has 98 valence electrons. The molecule has 0 spiro atoms. The van der Waals surface area contributed by atoms with Crippen LogP contribution in [0, 0.1) is 6.92 Å². The number of hydrogen-bond donors (Lipinski definition) is 1. The van der Waals surface area contributed by atoms with Gasteiger partial charge in [-0.15, -0.1) is 0 Å². The Morgan fingerprint density at radius 2 is 2.21 bits per heavy atom. The molecule has 0 saturated heterocycles. The summed E-state index contributed by atoms with van der Waals surface area (Å²) >= 11 is 0. The van der Waals surface area contributed by atoms with E-state index >= 15 is 0 Å². The molecule has 0 saturated carbocycles. The van der Waals surface area contributed by atoms with Gasteiger partial charge in [0, 0.05) is 32.4 Å². The van der Waals surface area contributed by atoms with E-state index in [-0.39, 0.29) is 0 Å². The predicted octanol–water partition coefficient (Wildman–Crippen LogP) is 1.03. The number of aromatic amines is 1. The first kappa shape index (κ1) is 11.6. The number of anilines is 1. The number of nitrogens with zero attached hydrogens (tertiary/aromatic N) is 6. The number of H-pyrrole nitrogens is 1. The smallest absolute Gasteiger partial charge is 0.160 e. The van der Waals surface area contributed by atoms with Gasteiger partial charge in [-0.25, -0.2) is 9.97 Å². The number of aryl methyl sites for hydroxylation is 2. The van der Waals surface area contributed by atoms with Crippen LogP contribution in [-0.2, 0) is 13.6 Å². The lowest BCUT2D eigenvalue weighted by molar-refractivity contribution is 0.756. The number of aromatic nitrogens is 6. The summed E-state index contributed by atoms with van der Waals surface area (Å²) in [6.45, 7) is 2.76. The number of nitrogens with one attached hydrogen (secondary N) is 1. The maximum atomic E-state index is 4.35. The summed E-state index contributed by atoms with van der Waals surface area (Å²) in [6, 6.07) is 0. The molecular formula is C12H15N7. The summed E-state index contributed by atoms with van der Waals surface area (Å²) in [5, 5.41) is 12.1. The Labute approximate surface area is 110 Å². The third-order valence-electron chi connectivity index (χ3n) is 3.11. The Bertz CT molecular complexity index is 712. The van der Waals surface area contributed by atoms with Gasteiger partial charge in [-0.3, -0.25) is 9.78 Å². The molecule has 0 radical (unpaired) electrons. The third-order valence-corrected chi connectivity index (χ3v) is 3.11. The largest absolute Gasteiger partial charge is 0.355 e. The first-order chi connectivity index (χ1) is 9.15. The highest BCUT2D eigenvalue weighted by atomic mass is 15.3. The van der Waals surface area contributed by atoms with Crippen molar-refractivity contribution in [1.82, 2.24) is 29.9 Å². The van der Waals surface area contributed by atoms with Crippen molar-refractivity contribution in [2.24, 2.45) is 7.05 Å². The van der Waals surface area contributed by atoms with Crippen LogP contribution < -0.4 is 4.90 Å². The van der Waals surface area contributed by atoms with Gasteiger partial charge in [0.15, 0.2) is 5.65 Å². The molecule has 0 aliphatic rings. The zero-order valence-corrected chi connectivity index (χ0v) is 11.1. The lowest BCUT2D eigenvalue weighted by Gasteiger charge is -2.17. The molecule has 3 heterocycles. The Kier molecular flexibility index (Phi) is 2.66. The van der Waals surface area contributed by atoms with Gasteiger partial charge in [-0.05, 0) is 6.92 Å². The number of hydrogen-bond acceptors (Lipinski definition) is 5. The predicted molar refractivity (Wildman–Crippen MR) is 71.7 cm³/mol. The van der Waals surface area contributed by atoms with Crippen molar-refractivity contribution in [3.05, 3.63) is 30.0 Å². The first-order valence-corrected chi connectivity index (χ1v) is 5.99. The minimum absolute atomic E-state index is 0.747. The van der Waals surface area contributed by atoms with E-state index in [0.717, 1.165) is 29.1 Å². The Morgan fingerprint density at radius 3 is 2.95 bits per heavy atom. The van der Waals surface area contributed by atoms with Crippen LogP contribution in [0.4, 0.5) is 5.82 Å². The maximum Gasteiger partial charge on any atom is 0.160 e. The molecule has 0 amide bonds. The summed E-state index contributed by atoms with van der Waals surface area (Å²) in [6.07, 6.45) is 5.32. The highest BCUT2D eigenvalue weighted by molar-refractivity contribution is 5.85. The maximum absolute atomic E-state index is 4.35. The molecule has 0 fully saturated rings. The van der Waals surface area contributed by atoms with E-state index in [1.165, 1.54) is 5.56 Å². The molecule has 3 aromatic rings. The summed E-state index contributed by atoms with van der Waals surface area (Å²) in [7, 11) is 3.93. The molecule has 3 aromatic heterocycles. The van der Waals surface area contributed by atoms with Crippen LogP contribution in [0.5, 0.6) is 0 Å². The molecular weight excluding hydrogens is 242 g/mol. The second-order valence-corrected chi connectivity index (χ2v) is 4.60. The van der Waals surface area contributed by atoms with E-state index in [1.807, 2.05) is 31.9 Å². The van der Waals surface area contributed by atoms with Crippen LogP contribution in [0.1, 0.15) is 11.3 Å². The highest BCUT2D eigenvalue weighted by Crippen LogP contribution is 2.21. The zero-order valence-electron chi connectivity index (χ0n) is 11.1. The van der Waals surface area contributed by atoms with E-state index in [1.54, 1.807) is 12.5 Å². The van der Waals surface area contributed by atoms with Crippen molar-refractivity contribution in [2.45, 2.75) is 13.5 Å². The van der Waals surface area contributed by atoms with Crippen molar-refractivity contribution in [2.75, 3.05) is 11.9 Å². The second-order valence-electron chi connectivity index (χ2n) is 4.60. The Morgan fingerprint density at radius 1 is 1.37 bits per heavy atom. The Balaban J connectivity index is 1.94. The number of fused-ring (bicyclic) bond motifs is 1. The van der Waals surface area contributed by atoms with Crippen molar-refractivity contribution in [3.63, 3.8) is 0 Å². The van der Waals surface area contributed by atoms with Gasteiger partial charge < -0.3 is 4.90 Å². The van der Waals surface area contributed by atoms with E-state index in [0.29, 0.717) is 0 Å². The van der Waals surface area contributed by atoms with E-state index in [9.17, 15) is 0 Å². The van der Waals surface area contributed by atoms with Crippen LogP contribution in [0.2, 0.25) is 0 Å². The molecule has 0 atom stereocenters. The van der Waals surface area contributed by atoms with Crippen molar-refractivity contribution < 1.29 is 0 Å². The fourth-order valence-electron chi connectivity index (χ4n) is 2.19. The van der Waals surface area contributed by atoms with Crippen LogP contribution in [0.25, 0.3) is 11.0 Å². The molecule has 0 aliphatic carbocycles. The lowest BCUT2D eigenvalue weighted by atomic mass is 10.2. The van der Waals surface area contributed by atoms with Gasteiger partial charge in [0.1, 0.15) is 12.1 Å². The highest BCUT2D eigenvalue weighted by Gasteiger charge is 2.12. The van der Waals surface area contributed by atoms with Gasteiger partial charge in [0.05, 0.1) is 17.3 Å². The fraction of sp³-hybridized carbons (Fsp3) is 0.333. The Hall–Kier alpha value is -2.44. The molecule has 7 nitrogen and oxygen atoms in total. The third kappa shape index (κ3) is 2.03. The molecule has 1 N–H and O–H groups in total. The summed E-state index contributed by atoms with van der Waals surface area (Å²) < 4.78 is 1.83. The number of rotatable bonds is 3. The van der Waals surface area contributed by atoms with Gasteiger partial charge in [0.2, 0.25) is 0 Å². The van der Waals surface area contributed by atoms with Crippen LogP contribution in [0.3, 0.4) is 0 Å². The average Bonchev–Trinajstić information content (AvgIpc) is 2.95. The fourth-order valence-corrected chi connectivity index (χ4v) is 2.19. The topological polar surface area (TPSA) is 75.5 Å². The average molecular weight is 257 g/mol. The van der Waals surface area contributed by atoms with Crippen LogP contribution in [-0.4, -0.2) is 37.0 Å². The summed E-state index contributed by atoms with van der Waals surface area (Å²) in [4.78, 5) is 10.6. The van der Waals surface area contributed by atoms with Crippen LogP contribution in [0.15, 0.2) is 18.7 Å². The minimum atomic E-state index is 0.747. The van der Waals surface area contributed by atoms with E-state index < -0.39 is 0 Å². The molecule has 0 aliphatic heterocycles. The molecule has 7 heteroatoms.